The normalized spacial score (nSPS) is 17.3. The first-order chi connectivity index (χ1) is 16.5. The van der Waals surface area contributed by atoms with Crippen LogP contribution in [0.15, 0.2) is 40.9 Å². The Hall–Kier alpha value is -2.78. The number of halogens is 1. The molecule has 3 aromatic rings. The molecule has 178 valence electrons. The van der Waals surface area contributed by atoms with Crippen LogP contribution in [-0.4, -0.2) is 64.6 Å². The minimum atomic E-state index is -0.272. The fourth-order valence-corrected chi connectivity index (χ4v) is 5.02. The number of aryl methyl sites for hydroxylation is 1. The number of carbonyl (C=O) groups is 1. The Kier molecular flexibility index (Phi) is 6.92. The zero-order chi connectivity index (χ0) is 23.5. The SMILES string of the molecule is Cc1nc(N2CCC(N3CCCC3)CC2)nc2ccc(NC(=O)COc3ccc(Br)cc3)nc12. The molecule has 2 saturated heterocycles. The molecule has 0 atom stereocenters. The van der Waals surface area contributed by atoms with E-state index in [1.807, 2.05) is 25.1 Å². The number of hydrogen-bond acceptors (Lipinski definition) is 7. The quantitative estimate of drug-likeness (QED) is 0.517. The lowest BCUT2D eigenvalue weighted by Crippen LogP contribution is -2.44. The predicted octanol–water partition coefficient (Wildman–Crippen LogP) is 4.18. The van der Waals surface area contributed by atoms with Crippen LogP contribution in [0.5, 0.6) is 5.75 Å². The van der Waals surface area contributed by atoms with Crippen LogP contribution >= 0.6 is 15.9 Å². The van der Waals surface area contributed by atoms with Gasteiger partial charge in [0.2, 0.25) is 5.95 Å². The number of benzene rings is 1. The van der Waals surface area contributed by atoms with Gasteiger partial charge >= 0.3 is 0 Å². The van der Waals surface area contributed by atoms with Gasteiger partial charge < -0.3 is 19.9 Å². The number of pyridine rings is 1. The number of nitrogens with one attached hydrogen (secondary N) is 1. The fraction of sp³-hybridized carbons (Fsp3) is 0.440. The molecule has 0 saturated carbocycles. The Bertz CT molecular complexity index is 1160. The first-order valence-electron chi connectivity index (χ1n) is 11.9. The number of aromatic nitrogens is 3. The van der Waals surface area contributed by atoms with Crippen molar-refractivity contribution in [1.82, 2.24) is 19.9 Å². The molecule has 2 aliphatic heterocycles. The molecule has 1 N–H and O–H groups in total. The average Bonchev–Trinajstić information content (AvgIpc) is 3.39. The predicted molar refractivity (Wildman–Crippen MR) is 136 cm³/mol. The number of fused-ring (bicyclic) bond motifs is 1. The van der Waals surface area contributed by atoms with Gasteiger partial charge in [0.15, 0.2) is 6.61 Å². The van der Waals surface area contributed by atoms with Crippen LogP contribution in [0.2, 0.25) is 0 Å². The largest absolute Gasteiger partial charge is 0.484 e. The monoisotopic (exact) mass is 524 g/mol. The highest BCUT2D eigenvalue weighted by molar-refractivity contribution is 9.10. The van der Waals surface area contributed by atoms with Gasteiger partial charge in [0, 0.05) is 23.6 Å². The van der Waals surface area contributed by atoms with E-state index in [2.05, 4.69) is 36.0 Å². The molecule has 2 fully saturated rings. The first kappa shape index (κ1) is 23.0. The Morgan fingerprint density at radius 1 is 1.03 bits per heavy atom. The maximum Gasteiger partial charge on any atom is 0.263 e. The standard InChI is InChI=1S/C25H29BrN6O2/c1-17-24-21(28-25(27-17)32-14-10-19(11-15-32)31-12-2-3-13-31)8-9-22(30-24)29-23(33)16-34-20-6-4-18(26)5-7-20/h4-9,19H,2-3,10-16H2,1H3,(H,29,30,33). The van der Waals surface area contributed by atoms with E-state index in [9.17, 15) is 4.79 Å². The molecule has 8 nitrogen and oxygen atoms in total. The lowest BCUT2D eigenvalue weighted by Gasteiger charge is -2.36. The van der Waals surface area contributed by atoms with Crippen molar-refractivity contribution in [1.29, 1.82) is 0 Å². The minimum absolute atomic E-state index is 0.0941. The molecule has 0 aliphatic carbocycles. The minimum Gasteiger partial charge on any atom is -0.484 e. The highest BCUT2D eigenvalue weighted by Crippen LogP contribution is 2.25. The molecule has 0 bridgehead atoms. The Morgan fingerprint density at radius 2 is 1.76 bits per heavy atom. The molecule has 0 radical (unpaired) electrons. The molecule has 0 spiro atoms. The molecular weight excluding hydrogens is 496 g/mol. The number of rotatable bonds is 6. The van der Waals surface area contributed by atoms with Gasteiger partial charge in [-0.15, -0.1) is 0 Å². The third kappa shape index (κ3) is 5.31. The molecule has 5 rings (SSSR count). The molecule has 2 aliphatic rings. The van der Waals surface area contributed by atoms with Gasteiger partial charge in [-0.1, -0.05) is 15.9 Å². The van der Waals surface area contributed by atoms with E-state index >= 15 is 0 Å². The fourth-order valence-electron chi connectivity index (χ4n) is 4.75. The summed E-state index contributed by atoms with van der Waals surface area (Å²) in [6.07, 6.45) is 4.99. The van der Waals surface area contributed by atoms with Gasteiger partial charge in [-0.2, -0.15) is 0 Å². The van der Waals surface area contributed by atoms with Gasteiger partial charge in [0.05, 0.1) is 11.2 Å². The van der Waals surface area contributed by atoms with Crippen molar-refractivity contribution in [3.05, 3.63) is 46.6 Å². The van der Waals surface area contributed by atoms with Crippen molar-refractivity contribution < 1.29 is 9.53 Å². The number of carbonyl (C=O) groups excluding carboxylic acids is 1. The van der Waals surface area contributed by atoms with Gasteiger partial charge in [0.1, 0.15) is 17.1 Å². The molecule has 0 unspecified atom stereocenters. The Morgan fingerprint density at radius 3 is 2.50 bits per heavy atom. The van der Waals surface area contributed by atoms with E-state index in [4.69, 9.17) is 14.7 Å². The van der Waals surface area contributed by atoms with E-state index in [0.29, 0.717) is 23.1 Å². The van der Waals surface area contributed by atoms with Gasteiger partial charge in [-0.05, 0) is 82.1 Å². The maximum atomic E-state index is 12.3. The summed E-state index contributed by atoms with van der Waals surface area (Å²) in [4.78, 5) is 31.4. The second-order valence-corrected chi connectivity index (χ2v) is 9.84. The number of amides is 1. The lowest BCUT2D eigenvalue weighted by atomic mass is 10.0. The molecule has 9 heteroatoms. The van der Waals surface area contributed by atoms with Crippen LogP contribution in [-0.2, 0) is 4.79 Å². The lowest BCUT2D eigenvalue weighted by molar-refractivity contribution is -0.118. The average molecular weight is 525 g/mol. The summed E-state index contributed by atoms with van der Waals surface area (Å²) in [6, 6.07) is 11.7. The van der Waals surface area contributed by atoms with Crippen molar-refractivity contribution in [2.45, 2.75) is 38.6 Å². The molecular formula is C25H29BrN6O2. The van der Waals surface area contributed by atoms with Crippen molar-refractivity contribution in [2.75, 3.05) is 43.0 Å². The summed E-state index contributed by atoms with van der Waals surface area (Å²) in [6.45, 7) is 6.30. The van der Waals surface area contributed by atoms with Crippen LogP contribution in [0.25, 0.3) is 11.0 Å². The van der Waals surface area contributed by atoms with E-state index in [0.717, 1.165) is 47.6 Å². The van der Waals surface area contributed by atoms with Gasteiger partial charge in [-0.25, -0.2) is 15.0 Å². The van der Waals surface area contributed by atoms with Crippen LogP contribution in [0.4, 0.5) is 11.8 Å². The molecule has 2 aromatic heterocycles. The summed E-state index contributed by atoms with van der Waals surface area (Å²) >= 11 is 3.38. The summed E-state index contributed by atoms with van der Waals surface area (Å²) in [5.74, 6) is 1.59. The Labute approximate surface area is 207 Å². The summed E-state index contributed by atoms with van der Waals surface area (Å²) in [7, 11) is 0. The zero-order valence-electron chi connectivity index (χ0n) is 19.3. The third-order valence-electron chi connectivity index (χ3n) is 6.56. The van der Waals surface area contributed by atoms with E-state index in [-0.39, 0.29) is 12.5 Å². The summed E-state index contributed by atoms with van der Waals surface area (Å²) in [5, 5.41) is 2.80. The number of likely N-dealkylation sites (tertiary alicyclic amines) is 1. The van der Waals surface area contributed by atoms with Gasteiger partial charge in [-0.3, -0.25) is 4.79 Å². The molecule has 4 heterocycles. The first-order valence-corrected chi connectivity index (χ1v) is 12.7. The van der Waals surface area contributed by atoms with Crippen LogP contribution in [0.3, 0.4) is 0 Å². The molecule has 34 heavy (non-hydrogen) atoms. The number of hydrogen-bond donors (Lipinski definition) is 1. The van der Waals surface area contributed by atoms with Crippen LogP contribution < -0.4 is 15.0 Å². The van der Waals surface area contributed by atoms with E-state index in [1.165, 1.54) is 25.9 Å². The van der Waals surface area contributed by atoms with Crippen LogP contribution in [0, 0.1) is 6.92 Å². The van der Waals surface area contributed by atoms with Crippen molar-refractivity contribution in [3.63, 3.8) is 0 Å². The van der Waals surface area contributed by atoms with Crippen molar-refractivity contribution >= 4 is 44.6 Å². The summed E-state index contributed by atoms with van der Waals surface area (Å²) in [5.41, 5.74) is 2.29. The van der Waals surface area contributed by atoms with Crippen LogP contribution in [0.1, 0.15) is 31.4 Å². The molecule has 1 amide bonds. The third-order valence-corrected chi connectivity index (χ3v) is 7.09. The second kappa shape index (κ2) is 10.2. The number of anilines is 2. The van der Waals surface area contributed by atoms with Crippen molar-refractivity contribution in [3.8, 4) is 5.75 Å². The van der Waals surface area contributed by atoms with Gasteiger partial charge in [0.25, 0.3) is 5.91 Å². The number of ether oxygens (including phenoxy) is 1. The van der Waals surface area contributed by atoms with E-state index < -0.39 is 0 Å². The zero-order valence-corrected chi connectivity index (χ0v) is 20.9. The van der Waals surface area contributed by atoms with Crippen molar-refractivity contribution in [2.24, 2.45) is 0 Å². The topological polar surface area (TPSA) is 83.5 Å². The Balaban J connectivity index is 1.21. The smallest absolute Gasteiger partial charge is 0.263 e. The highest BCUT2D eigenvalue weighted by Gasteiger charge is 2.27. The highest BCUT2D eigenvalue weighted by atomic mass is 79.9. The number of piperidine rings is 1. The second-order valence-electron chi connectivity index (χ2n) is 8.93. The maximum absolute atomic E-state index is 12.3. The number of nitrogens with zero attached hydrogens (tertiary/aromatic N) is 5. The van der Waals surface area contributed by atoms with E-state index in [1.54, 1.807) is 18.2 Å². The summed E-state index contributed by atoms with van der Waals surface area (Å²) < 4.78 is 6.49. The molecule has 1 aromatic carbocycles.